The molecule has 0 saturated heterocycles. The molecule has 118 valence electrons. The summed E-state index contributed by atoms with van der Waals surface area (Å²) < 4.78 is 5.82. The van der Waals surface area contributed by atoms with Crippen LogP contribution in [0.15, 0.2) is 18.2 Å². The lowest BCUT2D eigenvalue weighted by atomic mass is 10.0. The Bertz CT molecular complexity index is 435. The van der Waals surface area contributed by atoms with Gasteiger partial charge in [0.15, 0.2) is 0 Å². The first-order valence-corrected chi connectivity index (χ1v) is 8.26. The Morgan fingerprint density at radius 1 is 1.14 bits per heavy atom. The summed E-state index contributed by atoms with van der Waals surface area (Å²) in [7, 11) is 0. The van der Waals surface area contributed by atoms with Crippen molar-refractivity contribution in [2.24, 2.45) is 5.92 Å². The maximum absolute atomic E-state index is 11.2. The predicted molar refractivity (Wildman–Crippen MR) is 89.0 cm³/mol. The molecule has 2 nitrogen and oxygen atoms in total. The van der Waals surface area contributed by atoms with Gasteiger partial charge in [-0.1, -0.05) is 33.3 Å². The highest BCUT2D eigenvalue weighted by Crippen LogP contribution is 2.19. The number of ketones is 1. The number of Topliss-reactive ketones (excluding diaryl/α,β-unsaturated/α-hetero) is 1. The van der Waals surface area contributed by atoms with Gasteiger partial charge in [-0.3, -0.25) is 4.79 Å². The quantitative estimate of drug-likeness (QED) is 0.560. The van der Waals surface area contributed by atoms with Gasteiger partial charge in [0.05, 0.1) is 6.61 Å². The zero-order valence-electron chi connectivity index (χ0n) is 14.1. The number of carbonyl (C=O) groups is 1. The van der Waals surface area contributed by atoms with Gasteiger partial charge in [0.1, 0.15) is 11.5 Å². The van der Waals surface area contributed by atoms with Crippen LogP contribution in [0, 0.1) is 12.8 Å². The Hall–Kier alpha value is -1.31. The minimum Gasteiger partial charge on any atom is -0.493 e. The molecule has 0 spiro atoms. The average Bonchev–Trinajstić information content (AvgIpc) is 2.44. The molecule has 0 aliphatic rings. The maximum atomic E-state index is 11.2. The van der Waals surface area contributed by atoms with Crippen molar-refractivity contribution in [1.82, 2.24) is 0 Å². The van der Waals surface area contributed by atoms with Crippen molar-refractivity contribution < 1.29 is 9.53 Å². The fourth-order valence-corrected chi connectivity index (χ4v) is 2.32. The second kappa shape index (κ2) is 9.59. The molecule has 0 aliphatic heterocycles. The van der Waals surface area contributed by atoms with Crippen LogP contribution in [0.1, 0.15) is 64.0 Å². The van der Waals surface area contributed by atoms with Gasteiger partial charge in [-0.05, 0) is 55.4 Å². The molecule has 0 amide bonds. The van der Waals surface area contributed by atoms with E-state index in [4.69, 9.17) is 4.74 Å². The number of unbranched alkanes of at least 4 members (excludes halogenated alkanes) is 2. The van der Waals surface area contributed by atoms with Crippen molar-refractivity contribution in [1.29, 1.82) is 0 Å². The van der Waals surface area contributed by atoms with E-state index in [1.165, 1.54) is 11.1 Å². The number of aryl methyl sites for hydroxylation is 2. The zero-order chi connectivity index (χ0) is 15.7. The zero-order valence-corrected chi connectivity index (χ0v) is 14.1. The monoisotopic (exact) mass is 290 g/mol. The summed E-state index contributed by atoms with van der Waals surface area (Å²) in [6, 6.07) is 6.50. The van der Waals surface area contributed by atoms with Gasteiger partial charge in [-0.15, -0.1) is 0 Å². The van der Waals surface area contributed by atoms with Gasteiger partial charge in [-0.25, -0.2) is 0 Å². The van der Waals surface area contributed by atoms with Gasteiger partial charge in [-0.2, -0.15) is 0 Å². The average molecular weight is 290 g/mol. The fraction of sp³-hybridized carbons (Fsp3) is 0.632. The van der Waals surface area contributed by atoms with Crippen LogP contribution in [0.2, 0.25) is 0 Å². The number of hydrogen-bond acceptors (Lipinski definition) is 2. The first-order valence-electron chi connectivity index (χ1n) is 8.26. The van der Waals surface area contributed by atoms with E-state index in [0.29, 0.717) is 18.1 Å². The van der Waals surface area contributed by atoms with E-state index in [1.54, 1.807) is 0 Å². The number of rotatable bonds is 10. The molecule has 0 atom stereocenters. The van der Waals surface area contributed by atoms with Crippen LogP contribution < -0.4 is 4.74 Å². The largest absolute Gasteiger partial charge is 0.493 e. The van der Waals surface area contributed by atoms with Gasteiger partial charge in [0, 0.05) is 12.8 Å². The molecule has 2 heteroatoms. The molecule has 0 radical (unpaired) electrons. The van der Waals surface area contributed by atoms with Gasteiger partial charge in [0.25, 0.3) is 0 Å². The lowest BCUT2D eigenvalue weighted by Gasteiger charge is -2.11. The molecular formula is C19H30O2. The van der Waals surface area contributed by atoms with E-state index >= 15 is 0 Å². The van der Waals surface area contributed by atoms with E-state index < -0.39 is 0 Å². The fourth-order valence-electron chi connectivity index (χ4n) is 2.32. The molecular weight excluding hydrogens is 260 g/mol. The first-order chi connectivity index (χ1) is 10.0. The number of hydrogen-bond donors (Lipinski definition) is 0. The highest BCUT2D eigenvalue weighted by molar-refractivity contribution is 5.77. The topological polar surface area (TPSA) is 26.3 Å². The normalized spacial score (nSPS) is 10.9. The molecule has 1 aromatic rings. The summed E-state index contributed by atoms with van der Waals surface area (Å²) in [4.78, 5) is 11.2. The molecule has 0 fully saturated rings. The molecule has 0 aromatic heterocycles. The number of ether oxygens (including phenoxy) is 1. The van der Waals surface area contributed by atoms with Crippen molar-refractivity contribution >= 4 is 5.78 Å². The van der Waals surface area contributed by atoms with Crippen LogP contribution in [-0.4, -0.2) is 12.4 Å². The van der Waals surface area contributed by atoms with Crippen molar-refractivity contribution in [3.05, 3.63) is 29.3 Å². The third-order valence-corrected chi connectivity index (χ3v) is 3.51. The van der Waals surface area contributed by atoms with E-state index in [2.05, 4.69) is 39.0 Å². The molecule has 1 rings (SSSR count). The Morgan fingerprint density at radius 2 is 1.90 bits per heavy atom. The molecule has 0 aliphatic carbocycles. The maximum Gasteiger partial charge on any atom is 0.132 e. The van der Waals surface area contributed by atoms with Crippen LogP contribution in [0.4, 0.5) is 0 Å². The summed E-state index contributed by atoms with van der Waals surface area (Å²) in [5.41, 5.74) is 2.60. The molecule has 0 unspecified atom stereocenters. The molecule has 21 heavy (non-hydrogen) atoms. The summed E-state index contributed by atoms with van der Waals surface area (Å²) in [6.07, 6.45) is 5.78. The summed E-state index contributed by atoms with van der Waals surface area (Å²) in [5, 5.41) is 0. The molecule has 0 N–H and O–H groups in total. The lowest BCUT2D eigenvalue weighted by molar-refractivity contribution is -0.118. The Kier molecular flexibility index (Phi) is 8.11. The van der Waals surface area contributed by atoms with Crippen molar-refractivity contribution in [2.75, 3.05) is 6.61 Å². The van der Waals surface area contributed by atoms with Gasteiger partial charge < -0.3 is 4.74 Å². The van der Waals surface area contributed by atoms with E-state index in [0.717, 1.165) is 44.5 Å². The second-order valence-electron chi connectivity index (χ2n) is 6.31. The van der Waals surface area contributed by atoms with Crippen LogP contribution in [-0.2, 0) is 11.2 Å². The van der Waals surface area contributed by atoms with E-state index in [-0.39, 0.29) is 0 Å². The predicted octanol–water partition coefficient (Wildman–Crippen LogP) is 5.11. The molecule has 1 aromatic carbocycles. The minimum absolute atomic E-state index is 0.384. The van der Waals surface area contributed by atoms with Crippen LogP contribution in [0.5, 0.6) is 5.75 Å². The number of benzene rings is 1. The Balaban J connectivity index is 2.38. The minimum atomic E-state index is 0.384. The summed E-state index contributed by atoms with van der Waals surface area (Å²) >= 11 is 0. The van der Waals surface area contributed by atoms with E-state index in [9.17, 15) is 4.79 Å². The number of carbonyl (C=O) groups excluding carboxylic acids is 1. The molecule has 0 bridgehead atoms. The lowest BCUT2D eigenvalue weighted by Crippen LogP contribution is -2.05. The highest BCUT2D eigenvalue weighted by atomic mass is 16.5. The Labute approximate surface area is 129 Å². The standard InChI is InChI=1S/C19H30O2/c1-5-18(20)10-8-6-7-9-17-11-16(4)12-19(13-17)21-14-15(2)3/h11-13,15H,5-10,14H2,1-4H3. The third-order valence-electron chi connectivity index (χ3n) is 3.51. The second-order valence-corrected chi connectivity index (χ2v) is 6.31. The van der Waals surface area contributed by atoms with Crippen molar-refractivity contribution in [2.45, 2.75) is 66.2 Å². The summed E-state index contributed by atoms with van der Waals surface area (Å²) in [6.45, 7) is 9.14. The van der Waals surface area contributed by atoms with Gasteiger partial charge in [0.2, 0.25) is 0 Å². The Morgan fingerprint density at radius 3 is 2.57 bits per heavy atom. The van der Waals surface area contributed by atoms with Crippen LogP contribution in [0.3, 0.4) is 0 Å². The van der Waals surface area contributed by atoms with E-state index in [1.807, 2.05) is 6.92 Å². The van der Waals surface area contributed by atoms with Crippen LogP contribution >= 0.6 is 0 Å². The van der Waals surface area contributed by atoms with Crippen LogP contribution in [0.25, 0.3) is 0 Å². The highest BCUT2D eigenvalue weighted by Gasteiger charge is 2.03. The van der Waals surface area contributed by atoms with Gasteiger partial charge >= 0.3 is 0 Å². The first kappa shape index (κ1) is 17.7. The SMILES string of the molecule is CCC(=O)CCCCCc1cc(C)cc(OCC(C)C)c1. The third kappa shape index (κ3) is 7.89. The summed E-state index contributed by atoms with van der Waals surface area (Å²) in [5.74, 6) is 1.92. The van der Waals surface area contributed by atoms with Crippen molar-refractivity contribution in [3.63, 3.8) is 0 Å². The smallest absolute Gasteiger partial charge is 0.132 e. The van der Waals surface area contributed by atoms with Crippen molar-refractivity contribution in [3.8, 4) is 5.75 Å². The molecule has 0 saturated carbocycles. The molecule has 0 heterocycles.